The first-order chi connectivity index (χ1) is 5.77. The lowest BCUT2D eigenvalue weighted by Crippen LogP contribution is -1.95. The first-order valence-corrected chi connectivity index (χ1v) is 3.76. The van der Waals surface area contributed by atoms with Crippen LogP contribution in [0.5, 0.6) is 0 Å². The van der Waals surface area contributed by atoms with E-state index in [1.54, 1.807) is 24.3 Å². The van der Waals surface area contributed by atoms with Gasteiger partial charge in [-0.05, 0) is 17.7 Å². The molecule has 0 aromatic heterocycles. The number of halogens is 1. The summed E-state index contributed by atoms with van der Waals surface area (Å²) in [6.45, 7) is 0. The van der Waals surface area contributed by atoms with E-state index in [4.69, 9.17) is 16.9 Å². The molecule has 60 valence electrons. The molecule has 1 unspecified atom stereocenters. The molecule has 2 nitrogen and oxygen atoms in total. The van der Waals surface area contributed by atoms with Crippen molar-refractivity contribution in [2.75, 3.05) is 0 Å². The van der Waals surface area contributed by atoms with E-state index >= 15 is 0 Å². The van der Waals surface area contributed by atoms with Crippen molar-refractivity contribution >= 4 is 17.9 Å². The average molecular weight is 180 g/mol. The molecule has 1 aromatic rings. The fraction of sp³-hybridized carbons (Fsp3) is 0.111. The second-order valence-corrected chi connectivity index (χ2v) is 2.73. The second-order valence-electron chi connectivity index (χ2n) is 2.29. The van der Waals surface area contributed by atoms with E-state index < -0.39 is 5.92 Å². The van der Waals surface area contributed by atoms with Crippen molar-refractivity contribution in [2.45, 2.75) is 5.92 Å². The molecule has 0 heterocycles. The first-order valence-electron chi connectivity index (χ1n) is 3.38. The monoisotopic (exact) mass is 179 g/mol. The summed E-state index contributed by atoms with van der Waals surface area (Å²) in [5.41, 5.74) is 0.678. The third-order valence-corrected chi connectivity index (χ3v) is 1.76. The van der Waals surface area contributed by atoms with Crippen molar-refractivity contribution in [1.82, 2.24) is 0 Å². The van der Waals surface area contributed by atoms with Gasteiger partial charge >= 0.3 is 0 Å². The molecule has 0 radical (unpaired) electrons. The smallest absolute Gasteiger partial charge is 0.141 e. The fourth-order valence-electron chi connectivity index (χ4n) is 0.854. The minimum Gasteiger partial charge on any atom is -0.302 e. The van der Waals surface area contributed by atoms with Gasteiger partial charge in [-0.2, -0.15) is 5.26 Å². The minimum absolute atomic E-state index is 0.598. The van der Waals surface area contributed by atoms with Crippen molar-refractivity contribution in [3.8, 4) is 6.07 Å². The van der Waals surface area contributed by atoms with Gasteiger partial charge in [-0.25, -0.2) is 0 Å². The van der Waals surface area contributed by atoms with Crippen LogP contribution >= 0.6 is 11.6 Å². The Morgan fingerprint density at radius 1 is 1.42 bits per heavy atom. The Balaban J connectivity index is 2.97. The van der Waals surface area contributed by atoms with Crippen molar-refractivity contribution < 1.29 is 4.79 Å². The van der Waals surface area contributed by atoms with E-state index in [-0.39, 0.29) is 0 Å². The van der Waals surface area contributed by atoms with Crippen LogP contribution in [0.1, 0.15) is 11.5 Å². The van der Waals surface area contributed by atoms with Gasteiger partial charge in [-0.1, -0.05) is 23.7 Å². The van der Waals surface area contributed by atoms with Gasteiger partial charge in [0.25, 0.3) is 0 Å². The highest BCUT2D eigenvalue weighted by molar-refractivity contribution is 6.30. The zero-order valence-corrected chi connectivity index (χ0v) is 6.95. The summed E-state index contributed by atoms with van der Waals surface area (Å²) in [4.78, 5) is 10.4. The van der Waals surface area contributed by atoms with Crippen molar-refractivity contribution in [1.29, 1.82) is 5.26 Å². The number of nitriles is 1. The lowest BCUT2D eigenvalue weighted by Gasteiger charge is -1.99. The number of hydrogen-bond acceptors (Lipinski definition) is 2. The number of rotatable bonds is 2. The molecule has 0 aliphatic heterocycles. The zero-order valence-electron chi connectivity index (χ0n) is 6.20. The van der Waals surface area contributed by atoms with Gasteiger partial charge in [0.1, 0.15) is 12.2 Å². The van der Waals surface area contributed by atoms with Crippen LogP contribution in [0.2, 0.25) is 5.02 Å². The number of nitrogens with zero attached hydrogens (tertiary/aromatic N) is 1. The number of benzene rings is 1. The van der Waals surface area contributed by atoms with Gasteiger partial charge in [0, 0.05) is 5.02 Å². The largest absolute Gasteiger partial charge is 0.302 e. The van der Waals surface area contributed by atoms with Crippen LogP contribution < -0.4 is 0 Å². The molecule has 1 rings (SSSR count). The Kier molecular flexibility index (Phi) is 2.84. The van der Waals surface area contributed by atoms with Crippen LogP contribution in [0.3, 0.4) is 0 Å². The van der Waals surface area contributed by atoms with Gasteiger partial charge in [0.05, 0.1) is 6.07 Å². The summed E-state index contributed by atoms with van der Waals surface area (Å²) in [5.74, 6) is -0.678. The quantitative estimate of drug-likeness (QED) is 0.653. The molecule has 0 spiro atoms. The van der Waals surface area contributed by atoms with Crippen molar-refractivity contribution in [2.24, 2.45) is 0 Å². The van der Waals surface area contributed by atoms with E-state index in [0.29, 0.717) is 16.9 Å². The number of aldehydes is 1. The van der Waals surface area contributed by atoms with Gasteiger partial charge < -0.3 is 4.79 Å². The predicted molar refractivity (Wildman–Crippen MR) is 45.9 cm³/mol. The van der Waals surface area contributed by atoms with Gasteiger partial charge in [-0.15, -0.1) is 0 Å². The third kappa shape index (κ3) is 1.84. The Morgan fingerprint density at radius 2 is 2.00 bits per heavy atom. The molecular formula is C9H6ClNO. The van der Waals surface area contributed by atoms with Gasteiger partial charge in [-0.3, -0.25) is 0 Å². The number of carbonyl (C=O) groups is 1. The minimum atomic E-state index is -0.678. The molecular weight excluding hydrogens is 174 g/mol. The lowest BCUT2D eigenvalue weighted by molar-refractivity contribution is -0.108. The molecule has 1 atom stereocenters. The summed E-state index contributed by atoms with van der Waals surface area (Å²) in [7, 11) is 0. The highest BCUT2D eigenvalue weighted by atomic mass is 35.5. The fourth-order valence-corrected chi connectivity index (χ4v) is 0.980. The first kappa shape index (κ1) is 8.76. The van der Waals surface area contributed by atoms with E-state index in [0.717, 1.165) is 0 Å². The molecule has 0 aliphatic carbocycles. The van der Waals surface area contributed by atoms with Crippen LogP contribution in [0, 0.1) is 11.3 Å². The Labute approximate surface area is 75.4 Å². The Morgan fingerprint density at radius 3 is 2.42 bits per heavy atom. The molecule has 1 aromatic carbocycles. The van der Waals surface area contributed by atoms with Gasteiger partial charge in [0.15, 0.2) is 0 Å². The van der Waals surface area contributed by atoms with E-state index in [1.165, 1.54) is 0 Å². The average Bonchev–Trinajstić information content (AvgIpc) is 2.10. The highest BCUT2D eigenvalue weighted by Gasteiger charge is 2.07. The number of carbonyl (C=O) groups excluding carboxylic acids is 1. The van der Waals surface area contributed by atoms with Crippen LogP contribution in [0.15, 0.2) is 24.3 Å². The molecule has 0 fully saturated rings. The molecule has 0 amide bonds. The predicted octanol–water partition coefficient (Wildman–Crippen LogP) is 2.15. The Hall–Kier alpha value is -1.33. The van der Waals surface area contributed by atoms with Crippen LogP contribution in [0.25, 0.3) is 0 Å². The SMILES string of the molecule is N#CC(C=O)c1ccc(Cl)cc1. The van der Waals surface area contributed by atoms with Crippen LogP contribution in [-0.2, 0) is 4.79 Å². The molecule has 0 bridgehead atoms. The number of hydrogen-bond donors (Lipinski definition) is 0. The Bertz CT molecular complexity index is 312. The molecule has 0 aliphatic rings. The maximum absolute atomic E-state index is 10.4. The standard InChI is InChI=1S/C9H6ClNO/c10-9-3-1-7(2-4-9)8(5-11)6-12/h1-4,6,8H. The van der Waals surface area contributed by atoms with E-state index in [2.05, 4.69) is 0 Å². The third-order valence-electron chi connectivity index (χ3n) is 1.50. The topological polar surface area (TPSA) is 40.9 Å². The highest BCUT2D eigenvalue weighted by Crippen LogP contribution is 2.15. The zero-order chi connectivity index (χ0) is 8.97. The molecule has 0 saturated carbocycles. The van der Waals surface area contributed by atoms with E-state index in [9.17, 15) is 4.79 Å². The van der Waals surface area contributed by atoms with Crippen LogP contribution in [0.4, 0.5) is 0 Å². The molecule has 0 saturated heterocycles. The van der Waals surface area contributed by atoms with Crippen LogP contribution in [-0.4, -0.2) is 6.29 Å². The van der Waals surface area contributed by atoms with E-state index in [1.807, 2.05) is 6.07 Å². The maximum atomic E-state index is 10.4. The van der Waals surface area contributed by atoms with Crippen molar-refractivity contribution in [3.05, 3.63) is 34.9 Å². The molecule has 0 N–H and O–H groups in total. The van der Waals surface area contributed by atoms with Crippen molar-refractivity contribution in [3.63, 3.8) is 0 Å². The summed E-state index contributed by atoms with van der Waals surface area (Å²) in [5, 5.41) is 9.13. The summed E-state index contributed by atoms with van der Waals surface area (Å²) in [6, 6.07) is 8.53. The molecule has 3 heteroatoms. The summed E-state index contributed by atoms with van der Waals surface area (Å²) in [6.07, 6.45) is 0.614. The van der Waals surface area contributed by atoms with Gasteiger partial charge in [0.2, 0.25) is 0 Å². The summed E-state index contributed by atoms with van der Waals surface area (Å²) >= 11 is 5.63. The normalized spacial score (nSPS) is 11.7. The lowest BCUT2D eigenvalue weighted by atomic mass is 10.0. The summed E-state index contributed by atoms with van der Waals surface area (Å²) < 4.78 is 0. The molecule has 12 heavy (non-hydrogen) atoms. The maximum Gasteiger partial charge on any atom is 0.141 e. The second kappa shape index (κ2) is 3.89.